The zero-order valence-electron chi connectivity index (χ0n) is 14.6. The van der Waals surface area contributed by atoms with Gasteiger partial charge in [0, 0.05) is 11.0 Å². The maximum absolute atomic E-state index is 9.16. The minimum atomic E-state index is 0. The Hall–Kier alpha value is -0.767. The van der Waals surface area contributed by atoms with Gasteiger partial charge in [0.05, 0.1) is 18.1 Å². The van der Waals surface area contributed by atoms with E-state index in [2.05, 4.69) is 36.0 Å². The molecule has 0 radical (unpaired) electrons. The Morgan fingerprint density at radius 2 is 1.68 bits per heavy atom. The van der Waals surface area contributed by atoms with Crippen LogP contribution in [0.5, 0.6) is 0 Å². The Labute approximate surface area is 178 Å². The van der Waals surface area contributed by atoms with Crippen LogP contribution in [0, 0.1) is 6.92 Å². The van der Waals surface area contributed by atoms with Gasteiger partial charge in [-0.05, 0) is 32.9 Å². The quantitative estimate of drug-likeness (QED) is 0.295. The molecule has 0 spiro atoms. The van der Waals surface area contributed by atoms with Crippen molar-refractivity contribution in [1.29, 1.82) is 0 Å². The minimum Gasteiger partial charge on any atom is -1.00 e. The maximum Gasteiger partial charge on any atom is 2.00 e. The Bertz CT molecular complexity index is 657. The predicted molar refractivity (Wildman–Crippen MR) is 88.6 cm³/mol. The largest absolute Gasteiger partial charge is 2.00 e. The van der Waals surface area contributed by atoms with Crippen LogP contribution in [0.25, 0.3) is 5.53 Å². The third kappa shape index (κ3) is 7.56. The molecule has 1 aromatic carbocycles. The molecule has 25 heavy (non-hydrogen) atoms. The molecule has 2 rings (SSSR count). The summed E-state index contributed by atoms with van der Waals surface area (Å²) < 4.78 is 11.3. The van der Waals surface area contributed by atoms with Crippen LogP contribution in [0.2, 0.25) is 0 Å². The van der Waals surface area contributed by atoms with Crippen LogP contribution in [-0.2, 0) is 29.0 Å². The minimum absolute atomic E-state index is 0. The third-order valence-electron chi connectivity index (χ3n) is 3.14. The van der Waals surface area contributed by atoms with E-state index < -0.39 is 0 Å². The number of thioether (sulfide) groups is 1. The van der Waals surface area contributed by atoms with Crippen molar-refractivity contribution >= 4 is 17.5 Å². The van der Waals surface area contributed by atoms with E-state index >= 15 is 0 Å². The van der Waals surface area contributed by atoms with E-state index in [0.29, 0.717) is 31.1 Å². The number of halogens is 2. The average Bonchev–Trinajstić information content (AvgIpc) is 2.52. The van der Waals surface area contributed by atoms with Crippen molar-refractivity contribution in [2.45, 2.75) is 32.1 Å². The molecule has 0 aliphatic heterocycles. The SMILES string of the molecule is CCOC1=CC(Sc2ccc(C)cc2)=C(OCC)CC1=[N+]=[N-].[Cl-].[Cl-].[Zn+2]. The van der Waals surface area contributed by atoms with E-state index in [4.69, 9.17) is 15.0 Å². The van der Waals surface area contributed by atoms with Gasteiger partial charge in [-0.3, -0.25) is 0 Å². The van der Waals surface area contributed by atoms with Gasteiger partial charge in [-0.2, -0.15) is 4.79 Å². The smallest absolute Gasteiger partial charge is 1.00 e. The summed E-state index contributed by atoms with van der Waals surface area (Å²) in [7, 11) is 0. The van der Waals surface area contributed by atoms with E-state index in [1.54, 1.807) is 11.8 Å². The molecule has 0 fully saturated rings. The van der Waals surface area contributed by atoms with Crippen LogP contribution in [0.1, 0.15) is 25.8 Å². The van der Waals surface area contributed by atoms with Crippen molar-refractivity contribution in [3.8, 4) is 0 Å². The van der Waals surface area contributed by atoms with Crippen LogP contribution < -0.4 is 24.8 Å². The molecule has 132 valence electrons. The van der Waals surface area contributed by atoms with Crippen molar-refractivity contribution in [3.63, 3.8) is 0 Å². The first-order valence-corrected chi connectivity index (χ1v) is 8.15. The van der Waals surface area contributed by atoms with Crippen molar-refractivity contribution in [3.05, 3.63) is 57.9 Å². The number of ether oxygens (including phenoxy) is 2. The number of hydrogen-bond acceptors (Lipinski definition) is 3. The summed E-state index contributed by atoms with van der Waals surface area (Å²) in [5, 5.41) is 0. The van der Waals surface area contributed by atoms with Crippen molar-refractivity contribution < 1.29 is 58.6 Å². The fourth-order valence-electron chi connectivity index (χ4n) is 2.09. The van der Waals surface area contributed by atoms with Crippen LogP contribution >= 0.6 is 11.8 Å². The molecule has 8 heteroatoms. The van der Waals surface area contributed by atoms with Gasteiger partial charge in [0.25, 0.3) is 0 Å². The fourth-order valence-corrected chi connectivity index (χ4v) is 3.03. The topological polar surface area (TPSA) is 54.9 Å². The van der Waals surface area contributed by atoms with Gasteiger partial charge >= 0.3 is 25.2 Å². The van der Waals surface area contributed by atoms with Gasteiger partial charge in [-0.15, -0.1) is 0 Å². The van der Waals surface area contributed by atoms with Crippen LogP contribution in [0.3, 0.4) is 0 Å². The molecule has 1 aliphatic carbocycles. The van der Waals surface area contributed by atoms with Crippen LogP contribution in [-0.4, -0.2) is 23.7 Å². The van der Waals surface area contributed by atoms with Crippen molar-refractivity contribution in [2.24, 2.45) is 0 Å². The predicted octanol–water partition coefficient (Wildman–Crippen LogP) is -1.66. The van der Waals surface area contributed by atoms with E-state index in [0.717, 1.165) is 15.6 Å². The first kappa shape index (κ1) is 26.5. The van der Waals surface area contributed by atoms with Gasteiger partial charge in [0.15, 0.2) is 0 Å². The summed E-state index contributed by atoms with van der Waals surface area (Å²) in [5.41, 5.74) is 10.9. The Kier molecular flexibility index (Phi) is 14.2. The van der Waals surface area contributed by atoms with Gasteiger partial charge in [-0.1, -0.05) is 29.5 Å². The zero-order valence-corrected chi connectivity index (χ0v) is 19.9. The summed E-state index contributed by atoms with van der Waals surface area (Å²) >= 11 is 1.63. The number of nitrogens with zero attached hydrogens (tertiary/aromatic N) is 2. The zero-order chi connectivity index (χ0) is 15.9. The Balaban J connectivity index is 0. The normalized spacial score (nSPS) is 12.8. The number of aryl methyl sites for hydroxylation is 1. The first-order valence-electron chi connectivity index (χ1n) is 7.34. The maximum atomic E-state index is 9.16. The number of rotatable bonds is 6. The van der Waals surface area contributed by atoms with E-state index in [1.165, 1.54) is 5.56 Å². The third-order valence-corrected chi connectivity index (χ3v) is 4.21. The molecular weight excluding hydrogens is 433 g/mol. The van der Waals surface area contributed by atoms with Gasteiger partial charge < -0.3 is 39.8 Å². The molecule has 4 nitrogen and oxygen atoms in total. The summed E-state index contributed by atoms with van der Waals surface area (Å²) in [6.07, 6.45) is 2.32. The standard InChI is InChI=1S/C17H20N2O2S.2ClH.Zn/c1-4-20-15-11-17(16(21-5-2)10-14(15)19-18)22-13-8-6-12(3)7-9-13;;;/h6-9,11H,4-5,10H2,1-3H3;2*1H;/q;;;+2/p-2. The molecule has 1 aromatic rings. The van der Waals surface area contributed by atoms with Crippen LogP contribution in [0.15, 0.2) is 51.7 Å². The number of benzene rings is 1. The Morgan fingerprint density at radius 1 is 1.08 bits per heavy atom. The van der Waals surface area contributed by atoms with Gasteiger partial charge in [0.2, 0.25) is 5.76 Å². The average molecular weight is 453 g/mol. The van der Waals surface area contributed by atoms with Crippen LogP contribution in [0.4, 0.5) is 0 Å². The summed E-state index contributed by atoms with van der Waals surface area (Å²) in [6, 6.07) is 8.33. The van der Waals surface area contributed by atoms with E-state index in [1.807, 2.05) is 19.9 Å². The number of allylic oxidation sites excluding steroid dienone is 3. The molecule has 0 unspecified atom stereocenters. The second-order valence-corrected chi connectivity index (χ2v) is 5.92. The summed E-state index contributed by atoms with van der Waals surface area (Å²) in [6.45, 7) is 7.02. The van der Waals surface area contributed by atoms with E-state index in [9.17, 15) is 0 Å². The summed E-state index contributed by atoms with van der Waals surface area (Å²) in [5.74, 6) is 1.41. The van der Waals surface area contributed by atoms with Crippen molar-refractivity contribution in [1.82, 2.24) is 0 Å². The second kappa shape index (κ2) is 13.4. The van der Waals surface area contributed by atoms with E-state index in [-0.39, 0.29) is 44.3 Å². The number of hydrogen-bond donors (Lipinski definition) is 0. The summed E-state index contributed by atoms with van der Waals surface area (Å²) in [4.78, 5) is 5.45. The molecule has 0 amide bonds. The van der Waals surface area contributed by atoms with Gasteiger partial charge in [0.1, 0.15) is 12.2 Å². The second-order valence-electron chi connectivity index (χ2n) is 4.80. The molecule has 0 saturated heterocycles. The first-order chi connectivity index (χ1) is 10.7. The Morgan fingerprint density at radius 3 is 2.20 bits per heavy atom. The molecule has 0 heterocycles. The fraction of sp³-hybridized carbons (Fsp3) is 0.353. The monoisotopic (exact) mass is 450 g/mol. The molecule has 0 N–H and O–H groups in total. The molecule has 0 aromatic heterocycles. The molecule has 0 saturated carbocycles. The molecular formula is C17H20Cl2N2O2SZn. The molecule has 0 bridgehead atoms. The molecule has 1 aliphatic rings. The molecule has 0 atom stereocenters. The van der Waals surface area contributed by atoms with Gasteiger partial charge in [-0.25, -0.2) is 0 Å². The van der Waals surface area contributed by atoms with Crippen molar-refractivity contribution in [2.75, 3.05) is 13.2 Å².